The molecule has 11 saturated heterocycles. The van der Waals surface area contributed by atoms with E-state index < -0.39 is 263 Å². The molecule has 10 bridgehead atoms. The summed E-state index contributed by atoms with van der Waals surface area (Å²) >= 11 is 33.7. The highest BCUT2D eigenvalue weighted by Crippen LogP contribution is 2.65. The molecule has 34 atom stereocenters. The molecular formula is C65H75F4N27O26P6S9. The van der Waals surface area contributed by atoms with Gasteiger partial charge in [0.1, 0.15) is 118 Å². The number of aromatic amines is 3. The van der Waals surface area contributed by atoms with Crippen molar-refractivity contribution < 1.29 is 125 Å². The van der Waals surface area contributed by atoms with Crippen LogP contribution in [0.3, 0.4) is 0 Å². The number of nitrogens with two attached hydrogens (primary N) is 6. The fourth-order valence-electron chi connectivity index (χ4n) is 17.9. The number of fused-ring (bicyclic) bond motifs is 13. The van der Waals surface area contributed by atoms with Crippen molar-refractivity contribution in [2.75, 3.05) is 75.8 Å². The fourth-order valence-corrected chi connectivity index (χ4v) is 31.6. The van der Waals surface area contributed by atoms with Gasteiger partial charge in [0.25, 0.3) is 16.7 Å². The smallest absolute Gasteiger partial charge is 0.386 e. The number of rotatable bonds is 6. The molecule has 15 aliphatic heterocycles. The molecule has 0 spiro atoms. The van der Waals surface area contributed by atoms with Crippen molar-refractivity contribution in [3.63, 3.8) is 0 Å². The number of nitrogen functional groups attached to an aromatic ring is 4. The third-order valence-corrected chi connectivity index (χ3v) is 38.1. The zero-order valence-electron chi connectivity index (χ0n) is 68.8. The van der Waals surface area contributed by atoms with Gasteiger partial charge in [-0.2, -0.15) is 15.0 Å². The largest absolute Gasteiger partial charge is 0.400 e. The zero-order chi connectivity index (χ0) is 96.2. The maximum absolute atomic E-state index is 16.1. The molecule has 0 aliphatic carbocycles. The molecule has 0 saturated carbocycles. The maximum atomic E-state index is 16.1. The Hall–Kier alpha value is -6.05. The molecule has 137 heavy (non-hydrogen) atoms. The van der Waals surface area contributed by atoms with E-state index in [9.17, 15) is 43.4 Å². The number of allylic oxidation sites excluding steroid dienone is 2. The van der Waals surface area contributed by atoms with Crippen LogP contribution in [0, 0.1) is 0 Å². The number of thioether (sulfide) groups is 3. The van der Waals surface area contributed by atoms with Crippen molar-refractivity contribution in [1.29, 1.82) is 0 Å². The lowest BCUT2D eigenvalue weighted by atomic mass is 10.0. The lowest BCUT2D eigenvalue weighted by Gasteiger charge is -2.37. The second-order valence-corrected chi connectivity index (χ2v) is 53.6. The zero-order valence-corrected chi connectivity index (χ0v) is 81.6. The molecule has 738 valence electrons. The van der Waals surface area contributed by atoms with Gasteiger partial charge in [-0.15, -0.1) is 35.3 Å². The predicted octanol–water partition coefficient (Wildman–Crippen LogP) is 0.717. The number of thiol groups is 1. The van der Waals surface area contributed by atoms with Crippen LogP contribution < -0.4 is 51.1 Å². The first-order chi connectivity index (χ1) is 65.0. The Morgan fingerprint density at radius 2 is 0.839 bits per heavy atom. The average molecular weight is 2200 g/mol. The van der Waals surface area contributed by atoms with E-state index in [-0.39, 0.29) is 70.2 Å². The highest BCUT2D eigenvalue weighted by Gasteiger charge is 2.70. The van der Waals surface area contributed by atoms with Crippen molar-refractivity contribution in [1.82, 2.24) is 82.9 Å². The molecule has 20 N–H and O–H groups in total. The molecule has 10 unspecified atom stereocenters. The molecule has 72 heteroatoms. The standard InChI is InChI=1S/2C22H26FN9O9P2S3.C21H23F2N9O8P2S3/c2*23-10-9-3-37-42(34,44)41-15-14-19(31-6-27-11-8(24)1-2-26-16(11)31)39-22(15,4-36-14)5-38-43(35,45)40-13(10)20(46-9)32-7-28-12-17(32)29-21(25)30-18(12)33;22-10-9-4-37-42(35,44)39-14-8(38-19(11(14)23)31-5-27-12-7(24)1-2-26-16(12)31)3-36-41(34,43)40-15(10)20(45-9)32-6-28-13-17(32)29-21(25)30-18(13)33/h2*1-2,6-7,9-11,13-16,19-20H,3-5,24H2,(H,34,44)(H,35,45)(H3,25,29,30,33);1-2,5-6,8-11,14-15,19-20H,3-4H2,(H2,24,26)(H,34,43)(H,35,44)(H3,25,29,30,33)/t2*9-,10+,11?,13-,14-,15+,16?,19-,20-,22-,42?,43?;8-,9-,10+,11+,14-,15-,19-,20-,41?,42?/m111/s1. The Kier molecular flexibility index (Phi) is 25.7. The van der Waals surface area contributed by atoms with E-state index in [0.29, 0.717) is 22.6 Å². The molecule has 23 heterocycles. The fraction of sp³-hybridized carbons (Fsp3) is 0.554. The van der Waals surface area contributed by atoms with Crippen LogP contribution in [-0.4, -0.2) is 329 Å². The van der Waals surface area contributed by atoms with Crippen LogP contribution in [0.5, 0.6) is 0 Å². The average Bonchev–Trinajstić information content (AvgIpc) is 1.55. The minimum atomic E-state index is -4.38. The number of pyridine rings is 1. The number of anilines is 4. The number of dihydropyridines is 2. The van der Waals surface area contributed by atoms with E-state index in [1.54, 1.807) is 47.1 Å². The molecule has 11 fully saturated rings. The van der Waals surface area contributed by atoms with Gasteiger partial charge in [0.15, 0.2) is 76.3 Å². The van der Waals surface area contributed by atoms with E-state index in [4.69, 9.17) is 171 Å². The van der Waals surface area contributed by atoms with E-state index in [1.807, 2.05) is 0 Å². The maximum Gasteiger partial charge on any atom is 0.386 e. The summed E-state index contributed by atoms with van der Waals surface area (Å²) in [5, 5.41) is -6.09. The SMILES string of the molecule is NC1=CC=NC2C1N=CN2[C@@H]1O[C@@]23CO[C@@H]1[C@@H]2OP(O)(=S)OC[C@H]1S[C@@H](n2cnc4c(=O)[nH]c(N)nc42)[C@H](OP(O)(=S)OC3)[C@H]1F.NC1=CC=NC2C1N=CN2[C@@H]1O[C@@]23CO[C@@H]1[C@@H]2OP(O)(=S)OC[C@H]1S[C@@H](n2cnc4c(=O)[nH]c(N)nc42)[C@H](OP(O)(=S)OC3)[C@H]1F.Nc1nc2c(ncn2[C@@H]2S[C@@H]3COP(=O)(S)O[C@H]4[C@H](F)[C@H](n5cnc6c(N)ccnc65)O[C@@H]4COP(O)(=S)O[C@@H]2[C@H]3F)c(=O)[nH]1. The first kappa shape index (κ1) is 97.0. The number of nitrogens with zero attached hydrogens (tertiary/aromatic N) is 18. The quantitative estimate of drug-likeness (QED) is 0.0619. The minimum Gasteiger partial charge on any atom is -0.400 e. The molecule has 53 nitrogen and oxygen atoms in total. The first-order valence-electron chi connectivity index (χ1n) is 40.6. The van der Waals surface area contributed by atoms with Crippen molar-refractivity contribution >= 4 is 240 Å². The Morgan fingerprint density at radius 1 is 0.453 bits per heavy atom. The highest BCUT2D eigenvalue weighted by atomic mass is 32.7. The Labute approximate surface area is 807 Å². The predicted molar refractivity (Wildman–Crippen MR) is 500 cm³/mol. The number of alkyl halides is 4. The van der Waals surface area contributed by atoms with Crippen LogP contribution in [0.2, 0.25) is 0 Å². The number of nitrogens with one attached hydrogen (secondary N) is 3. The monoisotopic (exact) mass is 2200 g/mol. The normalized spacial score (nSPS) is 42.8. The van der Waals surface area contributed by atoms with Gasteiger partial charge in [-0.05, 0) is 77.3 Å². The van der Waals surface area contributed by atoms with Gasteiger partial charge < -0.3 is 115 Å². The van der Waals surface area contributed by atoms with Crippen molar-refractivity contribution in [3.8, 4) is 0 Å². The number of aliphatic imine (C=N–C) groups is 4. The summed E-state index contributed by atoms with van der Waals surface area (Å²) in [5.74, 6) is -0.575. The molecule has 0 radical (unpaired) electrons. The number of aromatic nitrogens is 15. The van der Waals surface area contributed by atoms with Gasteiger partial charge in [0, 0.05) is 30.0 Å². The van der Waals surface area contributed by atoms with E-state index in [0.717, 1.165) is 35.3 Å². The van der Waals surface area contributed by atoms with Gasteiger partial charge in [0.05, 0.1) is 112 Å². The van der Waals surface area contributed by atoms with E-state index in [1.165, 1.54) is 55.8 Å². The van der Waals surface area contributed by atoms with Gasteiger partial charge in [0.2, 0.25) is 17.8 Å². The summed E-state index contributed by atoms with van der Waals surface area (Å²) in [4.78, 5) is 155. The van der Waals surface area contributed by atoms with Crippen LogP contribution in [0.15, 0.2) is 95.5 Å². The molecule has 23 rings (SSSR count). The Balaban J connectivity index is 0.000000123. The van der Waals surface area contributed by atoms with E-state index >= 15 is 17.6 Å². The highest BCUT2D eigenvalue weighted by molar-refractivity contribution is 8.44. The number of halogens is 4. The van der Waals surface area contributed by atoms with E-state index in [2.05, 4.69) is 87.0 Å². The number of hydrogen-bond acceptors (Lipinski definition) is 49. The molecular weight excluding hydrogens is 2130 g/mol. The summed E-state index contributed by atoms with van der Waals surface area (Å²) in [6.07, 6.45) is -6.74. The van der Waals surface area contributed by atoms with Crippen molar-refractivity contribution in [2.24, 2.45) is 31.4 Å². The Bertz CT molecular complexity index is 6650. The van der Waals surface area contributed by atoms with Crippen LogP contribution in [0.25, 0.3) is 44.7 Å². The summed E-state index contributed by atoms with van der Waals surface area (Å²) in [5.41, 5.74) is 32.5. The van der Waals surface area contributed by atoms with Crippen molar-refractivity contribution in [3.05, 3.63) is 92.2 Å². The van der Waals surface area contributed by atoms with Crippen LogP contribution in [0.4, 0.5) is 41.1 Å². The lowest BCUT2D eigenvalue weighted by molar-refractivity contribution is -0.194. The van der Waals surface area contributed by atoms with Gasteiger partial charge in [-0.1, -0.05) is 12.2 Å². The first-order valence-corrected chi connectivity index (χ1v) is 59.0. The van der Waals surface area contributed by atoms with Crippen LogP contribution in [-0.2, 0) is 142 Å². The number of ether oxygens (including phenoxy) is 5. The molecule has 0 aromatic carbocycles. The second-order valence-electron chi connectivity index (χ2n) is 32.7. The third-order valence-electron chi connectivity index (χ3n) is 24.2. The summed E-state index contributed by atoms with van der Waals surface area (Å²) in [6, 6.07) is 0.650. The van der Waals surface area contributed by atoms with Gasteiger partial charge in [-0.25, -0.2) is 47.0 Å². The summed E-state index contributed by atoms with van der Waals surface area (Å²) in [6.45, 7) is -28.3. The summed E-state index contributed by atoms with van der Waals surface area (Å²) < 4.78 is 183. The van der Waals surface area contributed by atoms with Gasteiger partial charge in [-0.3, -0.25) is 99.2 Å². The second kappa shape index (κ2) is 36.3. The lowest BCUT2D eigenvalue weighted by Crippen LogP contribution is -2.52. The molecule has 8 aromatic heterocycles. The topological polar surface area (TPSA) is 709 Å². The van der Waals surface area contributed by atoms with Crippen molar-refractivity contribution in [2.45, 2.75) is 166 Å². The summed E-state index contributed by atoms with van der Waals surface area (Å²) in [7, 11) is 0. The van der Waals surface area contributed by atoms with Crippen LogP contribution in [0.1, 0.15) is 22.3 Å². The third kappa shape index (κ3) is 18.0. The molecule has 8 aromatic rings. The number of H-pyrrole nitrogens is 3. The molecule has 0 amide bonds. The van der Waals surface area contributed by atoms with Gasteiger partial charge >= 0.3 is 40.4 Å². The number of imidazole rings is 4. The Morgan fingerprint density at radius 3 is 1.27 bits per heavy atom. The minimum absolute atomic E-state index is 0.0121. The molecule has 15 aliphatic rings. The number of hydrogen-bond donors (Lipinski definition) is 15. The van der Waals surface area contributed by atoms with Crippen LogP contribution >= 0.6 is 87.9 Å².